The highest BCUT2D eigenvalue weighted by Gasteiger charge is 2.22. The smallest absolute Gasteiger partial charge is 0.323 e. The van der Waals surface area contributed by atoms with Crippen molar-refractivity contribution in [1.82, 2.24) is 39.0 Å². The Balaban J connectivity index is 1.35. The van der Waals surface area contributed by atoms with Crippen molar-refractivity contribution >= 4 is 46.2 Å². The van der Waals surface area contributed by atoms with Crippen molar-refractivity contribution in [3.8, 4) is 33.6 Å². The average molecular weight is 752 g/mol. The number of aliphatic hydroxyl groups is 2. The van der Waals surface area contributed by atoms with E-state index in [-0.39, 0.29) is 35.2 Å². The first-order valence-corrected chi connectivity index (χ1v) is 16.5. The first-order valence-electron chi connectivity index (χ1n) is 15.7. The number of hydrogen-bond donors (Lipinski definition) is 6. The monoisotopic (exact) mass is 750 g/mol. The summed E-state index contributed by atoms with van der Waals surface area (Å²) in [4.78, 5) is 49.1. The maximum absolute atomic E-state index is 13.2. The van der Waals surface area contributed by atoms with Gasteiger partial charge >= 0.3 is 11.9 Å². The number of carboxylic acid groups (broad SMARTS) is 2. The van der Waals surface area contributed by atoms with Crippen molar-refractivity contribution in [3.63, 3.8) is 0 Å². The van der Waals surface area contributed by atoms with Crippen molar-refractivity contribution in [1.29, 1.82) is 0 Å². The molecule has 0 aliphatic rings. The Hall–Kier alpha value is -5.36. The predicted molar refractivity (Wildman–Crippen MR) is 191 cm³/mol. The Bertz CT molecular complexity index is 2320. The Morgan fingerprint density at radius 2 is 1.06 bits per heavy atom. The summed E-state index contributed by atoms with van der Waals surface area (Å²) in [6.07, 6.45) is 3.18. The van der Waals surface area contributed by atoms with Gasteiger partial charge in [-0.3, -0.25) is 29.8 Å². The summed E-state index contributed by atoms with van der Waals surface area (Å²) in [5.41, 5.74) is 3.58. The maximum Gasteiger partial charge on any atom is 0.323 e. The standard InChI is InChI=1S/C34H32Cl2N8O8/c1-41-17(11-37-25(15-45)33(49)50)13-43-27(31(41)47)9-23(39-43)21-7-3-5-19(29(21)35)20-6-4-8-22(30(20)36)24-10-28-32(48)42(2)18(14-44(28)40-24)12-38-26(16-46)34(51)52/h3-10,13-14,25-26,37-38,45-46H,11-12,15-16H2,1-2H3,(H,49,50)(H,51,52)/t25-,26?/m0/s1. The zero-order valence-corrected chi connectivity index (χ0v) is 29.1. The van der Waals surface area contributed by atoms with Gasteiger partial charge in [0.2, 0.25) is 0 Å². The lowest BCUT2D eigenvalue weighted by Crippen LogP contribution is -2.40. The van der Waals surface area contributed by atoms with Crippen molar-refractivity contribution in [3.05, 3.63) is 103 Å². The van der Waals surface area contributed by atoms with E-state index < -0.39 is 37.2 Å². The van der Waals surface area contributed by atoms with E-state index in [1.54, 1.807) is 75.0 Å². The summed E-state index contributed by atoms with van der Waals surface area (Å²) in [6.45, 7) is -1.28. The average Bonchev–Trinajstić information content (AvgIpc) is 3.74. The SMILES string of the molecule is Cn1c(CNC(CO)C(=O)O)cn2nc(-c3cccc(-c4cccc(-c5cc6c(=O)n(C)c(CN[C@@H](CO)C(=O)O)cn6n5)c4Cl)c3Cl)cc2c1=O. The lowest BCUT2D eigenvalue weighted by atomic mass is 9.98. The number of aliphatic hydroxyl groups excluding tert-OH is 2. The largest absolute Gasteiger partial charge is 0.480 e. The van der Waals surface area contributed by atoms with Crippen molar-refractivity contribution in [2.24, 2.45) is 14.1 Å². The number of hydrogen-bond acceptors (Lipinski definition) is 10. The number of carbonyl (C=O) groups is 2. The number of carboxylic acids is 2. The van der Waals surface area contributed by atoms with Gasteiger partial charge in [-0.15, -0.1) is 0 Å². The lowest BCUT2D eigenvalue weighted by molar-refractivity contribution is -0.141. The minimum Gasteiger partial charge on any atom is -0.480 e. The molecule has 0 fully saturated rings. The van der Waals surface area contributed by atoms with Gasteiger partial charge in [0.15, 0.2) is 0 Å². The number of nitrogens with zero attached hydrogens (tertiary/aromatic N) is 6. The van der Waals surface area contributed by atoms with Crippen LogP contribution < -0.4 is 21.8 Å². The minimum absolute atomic E-state index is 0.0173. The summed E-state index contributed by atoms with van der Waals surface area (Å²) in [6, 6.07) is 11.4. The topological polar surface area (TPSA) is 218 Å². The maximum atomic E-state index is 13.2. The number of benzene rings is 2. The summed E-state index contributed by atoms with van der Waals surface area (Å²) in [5, 5.41) is 52.4. The second-order valence-corrected chi connectivity index (χ2v) is 12.7. The van der Waals surface area contributed by atoms with Crippen LogP contribution in [0.1, 0.15) is 11.4 Å². The van der Waals surface area contributed by atoms with Crippen LogP contribution in [0.4, 0.5) is 0 Å². The molecule has 0 saturated carbocycles. The molecule has 0 radical (unpaired) electrons. The van der Waals surface area contributed by atoms with E-state index in [4.69, 9.17) is 23.2 Å². The van der Waals surface area contributed by atoms with Crippen LogP contribution in [0.3, 0.4) is 0 Å². The zero-order valence-electron chi connectivity index (χ0n) is 27.6. The molecule has 6 aromatic rings. The molecule has 2 atom stereocenters. The lowest BCUT2D eigenvalue weighted by Gasteiger charge is -2.14. The molecule has 2 aromatic carbocycles. The molecule has 18 heteroatoms. The van der Waals surface area contributed by atoms with Gasteiger partial charge < -0.3 is 29.6 Å². The van der Waals surface area contributed by atoms with Crippen LogP contribution in [0.5, 0.6) is 0 Å². The summed E-state index contributed by atoms with van der Waals surface area (Å²) in [5.74, 6) is -2.45. The molecule has 1 unspecified atom stereocenters. The van der Waals surface area contributed by atoms with E-state index in [0.29, 0.717) is 55.1 Å². The number of nitrogens with one attached hydrogen (secondary N) is 2. The van der Waals surface area contributed by atoms with E-state index in [9.17, 15) is 39.6 Å². The molecular formula is C34H32Cl2N8O8. The molecule has 0 saturated heterocycles. The molecule has 6 rings (SSSR count). The van der Waals surface area contributed by atoms with E-state index in [0.717, 1.165) is 0 Å². The molecule has 0 spiro atoms. The van der Waals surface area contributed by atoms with E-state index in [2.05, 4.69) is 20.8 Å². The van der Waals surface area contributed by atoms with Crippen LogP contribution in [-0.4, -0.2) is 86.0 Å². The van der Waals surface area contributed by atoms with Crippen molar-refractivity contribution in [2.75, 3.05) is 13.2 Å². The van der Waals surface area contributed by atoms with Crippen LogP contribution >= 0.6 is 23.2 Å². The molecule has 52 heavy (non-hydrogen) atoms. The molecule has 0 aliphatic carbocycles. The summed E-state index contributed by atoms with van der Waals surface area (Å²) in [7, 11) is 3.10. The number of rotatable bonds is 13. The van der Waals surface area contributed by atoms with Crippen molar-refractivity contribution in [2.45, 2.75) is 25.2 Å². The normalized spacial score (nSPS) is 12.8. The van der Waals surface area contributed by atoms with Crippen LogP contribution in [0.2, 0.25) is 10.0 Å². The van der Waals surface area contributed by atoms with Crippen LogP contribution in [0.15, 0.2) is 70.5 Å². The third kappa shape index (κ3) is 6.70. The Morgan fingerprint density at radius 3 is 1.40 bits per heavy atom. The highest BCUT2D eigenvalue weighted by Crippen LogP contribution is 2.42. The number of aromatic nitrogens is 6. The number of halogens is 2. The molecule has 0 bridgehead atoms. The van der Waals surface area contributed by atoms with Crippen LogP contribution in [0, 0.1) is 0 Å². The van der Waals surface area contributed by atoms with E-state index in [1.165, 1.54) is 18.2 Å². The number of fused-ring (bicyclic) bond motifs is 2. The van der Waals surface area contributed by atoms with E-state index in [1.807, 2.05) is 0 Å². The second kappa shape index (κ2) is 14.7. The Kier molecular flexibility index (Phi) is 10.3. The van der Waals surface area contributed by atoms with Gasteiger partial charge in [-0.1, -0.05) is 59.6 Å². The van der Waals surface area contributed by atoms with Gasteiger partial charge in [0.1, 0.15) is 23.1 Å². The fourth-order valence-electron chi connectivity index (χ4n) is 5.75. The van der Waals surface area contributed by atoms with Crippen LogP contribution in [0.25, 0.3) is 44.7 Å². The van der Waals surface area contributed by atoms with Crippen molar-refractivity contribution < 1.29 is 30.0 Å². The predicted octanol–water partition coefficient (Wildman–Crippen LogP) is 1.76. The van der Waals surface area contributed by atoms with Gasteiger partial charge in [-0.25, -0.2) is 9.03 Å². The summed E-state index contributed by atoms with van der Waals surface area (Å²) >= 11 is 14.0. The summed E-state index contributed by atoms with van der Waals surface area (Å²) < 4.78 is 5.52. The molecule has 16 nitrogen and oxygen atoms in total. The number of aliphatic carboxylic acids is 2. The molecule has 270 valence electrons. The fourth-order valence-corrected chi connectivity index (χ4v) is 6.40. The third-order valence-corrected chi connectivity index (χ3v) is 9.60. The fraction of sp³-hybridized carbons (Fsp3) is 0.235. The van der Waals surface area contributed by atoms with Gasteiger partial charge in [-0.05, 0) is 12.1 Å². The molecular weight excluding hydrogens is 719 g/mol. The third-order valence-electron chi connectivity index (χ3n) is 8.78. The zero-order chi connectivity index (χ0) is 37.4. The highest BCUT2D eigenvalue weighted by atomic mass is 35.5. The first-order chi connectivity index (χ1) is 24.8. The second-order valence-electron chi connectivity index (χ2n) is 11.9. The molecule has 6 N–H and O–H groups in total. The minimum atomic E-state index is -1.23. The van der Waals surface area contributed by atoms with Gasteiger partial charge in [0, 0.05) is 49.4 Å². The molecule has 0 amide bonds. The molecule has 4 aromatic heterocycles. The van der Waals surface area contributed by atoms with Crippen LogP contribution in [-0.2, 0) is 36.8 Å². The molecule has 0 aliphatic heterocycles. The van der Waals surface area contributed by atoms with Gasteiger partial charge in [0.05, 0.1) is 58.4 Å². The first kappa shape index (κ1) is 36.4. The Labute approximate surface area is 303 Å². The quantitative estimate of drug-likeness (QED) is 0.0996. The van der Waals surface area contributed by atoms with Gasteiger partial charge in [0.25, 0.3) is 11.1 Å². The Morgan fingerprint density at radius 1 is 0.692 bits per heavy atom. The van der Waals surface area contributed by atoms with Gasteiger partial charge in [-0.2, -0.15) is 10.2 Å². The molecule has 4 heterocycles. The highest BCUT2D eigenvalue weighted by molar-refractivity contribution is 6.39. The van der Waals surface area contributed by atoms with E-state index >= 15 is 0 Å².